The highest BCUT2D eigenvalue weighted by Crippen LogP contribution is 2.07. The molecule has 0 aromatic carbocycles. The third kappa shape index (κ3) is 3.90. The van der Waals surface area contributed by atoms with Crippen molar-refractivity contribution in [3.63, 3.8) is 0 Å². The predicted octanol–water partition coefficient (Wildman–Crippen LogP) is 2.55. The van der Waals surface area contributed by atoms with E-state index in [1.165, 1.54) is 0 Å². The van der Waals surface area contributed by atoms with Crippen LogP contribution in [0.2, 0.25) is 0 Å². The average Bonchev–Trinajstić information content (AvgIpc) is 2.06. The summed E-state index contributed by atoms with van der Waals surface area (Å²) in [5, 5.41) is 0. The Bertz CT molecular complexity index is 146. The molecule has 0 aliphatic heterocycles. The maximum Gasteiger partial charge on any atom is 0.0978 e. The van der Waals surface area contributed by atoms with Gasteiger partial charge in [-0.3, -0.25) is 0 Å². The lowest BCUT2D eigenvalue weighted by atomic mass is 10.3. The van der Waals surface area contributed by atoms with E-state index in [1.54, 1.807) is 0 Å². The molecule has 72 valence electrons. The third-order valence-electron chi connectivity index (χ3n) is 2.07. The minimum atomic E-state index is 0.903. The van der Waals surface area contributed by atoms with Crippen LogP contribution in [0.25, 0.3) is 0 Å². The summed E-state index contributed by atoms with van der Waals surface area (Å²) in [6.07, 6.45) is 7.76. The lowest BCUT2D eigenvalue weighted by Gasteiger charge is -2.35. The largest absolute Gasteiger partial charge is 0.311 e. The predicted molar refractivity (Wildman–Crippen MR) is 60.5 cm³/mol. The summed E-state index contributed by atoms with van der Waals surface area (Å²) in [5.74, 6) is 0. The molecule has 0 saturated heterocycles. The molecular weight excluding hydrogens is 158 g/mol. The summed E-state index contributed by atoms with van der Waals surface area (Å²) in [4.78, 5) is 0. The zero-order valence-electron chi connectivity index (χ0n) is 8.41. The lowest BCUT2D eigenvalue weighted by molar-refractivity contribution is -0.906. The fourth-order valence-corrected chi connectivity index (χ4v) is 1.54. The molecule has 0 saturated carbocycles. The fourth-order valence-electron chi connectivity index (χ4n) is 1.54. The lowest BCUT2D eigenvalue weighted by Crippen LogP contribution is -2.48. The highest BCUT2D eigenvalue weighted by Gasteiger charge is 2.20. The average molecular weight is 178 g/mol. The number of rotatable bonds is 8. The smallest absolute Gasteiger partial charge is 0.0978 e. The van der Waals surface area contributed by atoms with Crippen molar-refractivity contribution in [1.82, 2.24) is 0 Å². The van der Waals surface area contributed by atoms with Crippen LogP contribution in [0.1, 0.15) is 0 Å². The Morgan fingerprint density at radius 2 is 0.846 bits per heavy atom. The number of hydrogen-bond donors (Lipinski definition) is 0. The maximum absolute atomic E-state index is 3.77. The Hall–Kier alpha value is -1.08. The van der Waals surface area contributed by atoms with Crippen molar-refractivity contribution in [2.24, 2.45) is 0 Å². The van der Waals surface area contributed by atoms with Crippen LogP contribution in [0.5, 0.6) is 0 Å². The van der Waals surface area contributed by atoms with Crippen LogP contribution in [-0.2, 0) is 0 Å². The highest BCUT2D eigenvalue weighted by molar-refractivity contribution is 4.79. The molecule has 0 heterocycles. The second-order valence-electron chi connectivity index (χ2n) is 3.23. The summed E-state index contributed by atoms with van der Waals surface area (Å²) in [6.45, 7) is 18.8. The van der Waals surface area contributed by atoms with E-state index in [-0.39, 0.29) is 0 Å². The third-order valence-corrected chi connectivity index (χ3v) is 2.07. The quantitative estimate of drug-likeness (QED) is 0.396. The normalized spacial score (nSPS) is 10.5. The Labute approximate surface area is 82.0 Å². The van der Waals surface area contributed by atoms with Gasteiger partial charge in [0.05, 0.1) is 26.2 Å². The van der Waals surface area contributed by atoms with E-state index in [0.717, 1.165) is 30.7 Å². The SMILES string of the molecule is C=CC[N+](CC=C)(CC=C)CC=C. The second kappa shape index (κ2) is 6.44. The summed E-state index contributed by atoms with van der Waals surface area (Å²) in [6, 6.07) is 0. The Kier molecular flexibility index (Phi) is 5.90. The Morgan fingerprint density at radius 3 is 1.00 bits per heavy atom. The molecule has 0 fully saturated rings. The van der Waals surface area contributed by atoms with Gasteiger partial charge in [0.1, 0.15) is 0 Å². The van der Waals surface area contributed by atoms with Gasteiger partial charge < -0.3 is 4.48 Å². The number of quaternary nitrogens is 1. The zero-order valence-corrected chi connectivity index (χ0v) is 8.41. The van der Waals surface area contributed by atoms with Gasteiger partial charge in [0.2, 0.25) is 0 Å². The first-order chi connectivity index (χ1) is 6.24. The van der Waals surface area contributed by atoms with Crippen molar-refractivity contribution in [1.29, 1.82) is 0 Å². The minimum Gasteiger partial charge on any atom is -0.311 e. The molecule has 0 aromatic rings. The standard InChI is InChI=1S/C12H20N/c1-5-9-13(10-6-2,11-7-3)12-8-4/h5-8H,1-4,9-12H2/q+1. The molecular formula is C12H20N+. The molecule has 0 rings (SSSR count). The van der Waals surface area contributed by atoms with E-state index in [2.05, 4.69) is 26.3 Å². The van der Waals surface area contributed by atoms with Crippen molar-refractivity contribution in [2.45, 2.75) is 0 Å². The van der Waals surface area contributed by atoms with Crippen molar-refractivity contribution < 1.29 is 4.48 Å². The van der Waals surface area contributed by atoms with Gasteiger partial charge in [-0.15, -0.1) is 0 Å². The first kappa shape index (κ1) is 11.9. The monoisotopic (exact) mass is 178 g/mol. The summed E-state index contributed by atoms with van der Waals surface area (Å²) >= 11 is 0. The zero-order chi connectivity index (χ0) is 10.2. The van der Waals surface area contributed by atoms with Crippen LogP contribution in [-0.4, -0.2) is 30.7 Å². The first-order valence-corrected chi connectivity index (χ1v) is 4.53. The molecule has 0 radical (unpaired) electrons. The van der Waals surface area contributed by atoms with Gasteiger partial charge in [-0.2, -0.15) is 0 Å². The summed E-state index contributed by atoms with van der Waals surface area (Å²) in [5.41, 5.74) is 0. The van der Waals surface area contributed by atoms with Gasteiger partial charge in [-0.25, -0.2) is 0 Å². The molecule has 0 N–H and O–H groups in total. The molecule has 0 aromatic heterocycles. The van der Waals surface area contributed by atoms with Crippen LogP contribution in [0.4, 0.5) is 0 Å². The van der Waals surface area contributed by atoms with Gasteiger partial charge in [0, 0.05) is 0 Å². The highest BCUT2D eigenvalue weighted by atomic mass is 15.3. The van der Waals surface area contributed by atoms with Crippen LogP contribution in [0, 0.1) is 0 Å². The molecule has 0 aliphatic rings. The molecule has 0 aliphatic carbocycles. The summed E-state index contributed by atoms with van der Waals surface area (Å²) < 4.78 is 0.903. The second-order valence-corrected chi connectivity index (χ2v) is 3.23. The van der Waals surface area contributed by atoms with Crippen molar-refractivity contribution in [3.05, 3.63) is 50.6 Å². The Morgan fingerprint density at radius 1 is 0.615 bits per heavy atom. The maximum atomic E-state index is 3.77. The van der Waals surface area contributed by atoms with E-state index in [0.29, 0.717) is 0 Å². The van der Waals surface area contributed by atoms with Crippen molar-refractivity contribution >= 4 is 0 Å². The van der Waals surface area contributed by atoms with Gasteiger partial charge >= 0.3 is 0 Å². The molecule has 0 amide bonds. The minimum absolute atomic E-state index is 0.903. The van der Waals surface area contributed by atoms with E-state index < -0.39 is 0 Å². The number of hydrogen-bond acceptors (Lipinski definition) is 0. The van der Waals surface area contributed by atoms with E-state index in [4.69, 9.17) is 0 Å². The van der Waals surface area contributed by atoms with Crippen LogP contribution in [0.3, 0.4) is 0 Å². The van der Waals surface area contributed by atoms with Crippen LogP contribution < -0.4 is 0 Å². The molecule has 0 bridgehead atoms. The molecule has 0 atom stereocenters. The molecule has 0 spiro atoms. The molecule has 1 heteroatoms. The Balaban J connectivity index is 4.53. The first-order valence-electron chi connectivity index (χ1n) is 4.53. The van der Waals surface area contributed by atoms with E-state index in [9.17, 15) is 0 Å². The van der Waals surface area contributed by atoms with Crippen molar-refractivity contribution in [3.8, 4) is 0 Å². The van der Waals surface area contributed by atoms with E-state index in [1.807, 2.05) is 24.3 Å². The molecule has 0 unspecified atom stereocenters. The molecule has 1 nitrogen and oxygen atoms in total. The van der Waals surface area contributed by atoms with E-state index >= 15 is 0 Å². The topological polar surface area (TPSA) is 0 Å². The van der Waals surface area contributed by atoms with Crippen LogP contribution >= 0.6 is 0 Å². The van der Waals surface area contributed by atoms with Gasteiger partial charge in [0.25, 0.3) is 0 Å². The molecule has 13 heavy (non-hydrogen) atoms. The van der Waals surface area contributed by atoms with Gasteiger partial charge in [0.15, 0.2) is 0 Å². The number of nitrogens with zero attached hydrogens (tertiary/aromatic N) is 1. The van der Waals surface area contributed by atoms with Crippen LogP contribution in [0.15, 0.2) is 50.6 Å². The van der Waals surface area contributed by atoms with Gasteiger partial charge in [-0.05, 0) is 24.3 Å². The van der Waals surface area contributed by atoms with Gasteiger partial charge in [-0.1, -0.05) is 26.3 Å². The summed E-state index contributed by atoms with van der Waals surface area (Å²) in [7, 11) is 0. The van der Waals surface area contributed by atoms with Crippen molar-refractivity contribution in [2.75, 3.05) is 26.2 Å². The fraction of sp³-hybridized carbons (Fsp3) is 0.333.